The predicted molar refractivity (Wildman–Crippen MR) is 71.8 cm³/mol. The Kier molecular flexibility index (Phi) is 4.50. The number of aromatic carboxylic acids is 1. The second-order valence-electron chi connectivity index (χ2n) is 4.23. The number of rotatable bonds is 6. The standard InChI is InChI=1S/C13H14N4O4/c1-21-10-4-2-3-9(5-10)6-14-12(18)8-17-7-11(13(19)20)15-16-17/h2-5,7H,6,8H2,1H3,(H,14,18)(H,19,20). The molecule has 1 heterocycles. The Morgan fingerprint density at radius 3 is 2.90 bits per heavy atom. The molecule has 21 heavy (non-hydrogen) atoms. The molecular formula is C13H14N4O4. The van der Waals surface area contributed by atoms with Gasteiger partial charge in [0, 0.05) is 6.54 Å². The first-order chi connectivity index (χ1) is 10.1. The number of amides is 1. The van der Waals surface area contributed by atoms with Crippen LogP contribution < -0.4 is 10.1 Å². The number of aromatic nitrogens is 3. The van der Waals surface area contributed by atoms with Crippen LogP contribution >= 0.6 is 0 Å². The Morgan fingerprint density at radius 2 is 2.24 bits per heavy atom. The molecule has 8 heteroatoms. The average Bonchev–Trinajstić information content (AvgIpc) is 2.94. The first-order valence-corrected chi connectivity index (χ1v) is 6.11. The van der Waals surface area contributed by atoms with Crippen LogP contribution in [0.25, 0.3) is 0 Å². The Labute approximate surface area is 120 Å². The molecule has 0 atom stereocenters. The van der Waals surface area contributed by atoms with Gasteiger partial charge in [-0.2, -0.15) is 0 Å². The molecular weight excluding hydrogens is 276 g/mol. The molecule has 2 N–H and O–H groups in total. The molecule has 0 saturated heterocycles. The lowest BCUT2D eigenvalue weighted by Crippen LogP contribution is -2.27. The number of hydrogen-bond acceptors (Lipinski definition) is 5. The van der Waals surface area contributed by atoms with Crippen LogP contribution in [-0.4, -0.2) is 39.1 Å². The van der Waals surface area contributed by atoms with E-state index in [1.807, 2.05) is 24.3 Å². The normalized spacial score (nSPS) is 10.1. The highest BCUT2D eigenvalue weighted by atomic mass is 16.5. The van der Waals surface area contributed by atoms with Crippen LogP contribution in [0, 0.1) is 0 Å². The number of nitrogens with one attached hydrogen (secondary N) is 1. The SMILES string of the molecule is COc1cccc(CNC(=O)Cn2cc(C(=O)O)nn2)c1. The number of carboxylic acid groups (broad SMARTS) is 1. The van der Waals surface area contributed by atoms with E-state index >= 15 is 0 Å². The maximum atomic E-state index is 11.7. The van der Waals surface area contributed by atoms with Gasteiger partial charge in [-0.05, 0) is 17.7 Å². The van der Waals surface area contributed by atoms with E-state index in [9.17, 15) is 9.59 Å². The fraction of sp³-hybridized carbons (Fsp3) is 0.231. The molecule has 0 aliphatic heterocycles. The largest absolute Gasteiger partial charge is 0.497 e. The van der Waals surface area contributed by atoms with Crippen LogP contribution in [0.3, 0.4) is 0 Å². The highest BCUT2D eigenvalue weighted by molar-refractivity contribution is 5.84. The summed E-state index contributed by atoms with van der Waals surface area (Å²) in [6.45, 7) is 0.251. The molecule has 110 valence electrons. The molecule has 1 aromatic heterocycles. The molecule has 0 aliphatic rings. The van der Waals surface area contributed by atoms with Crippen LogP contribution in [0.4, 0.5) is 0 Å². The van der Waals surface area contributed by atoms with Crippen LogP contribution in [0.1, 0.15) is 16.1 Å². The number of nitrogens with zero attached hydrogens (tertiary/aromatic N) is 3. The summed E-state index contributed by atoms with van der Waals surface area (Å²) in [5.41, 5.74) is 0.697. The third kappa shape index (κ3) is 4.03. The maximum absolute atomic E-state index is 11.7. The molecule has 1 amide bonds. The van der Waals surface area contributed by atoms with Gasteiger partial charge >= 0.3 is 5.97 Å². The third-order valence-electron chi connectivity index (χ3n) is 2.69. The van der Waals surface area contributed by atoms with E-state index in [0.717, 1.165) is 5.56 Å². The van der Waals surface area contributed by atoms with Gasteiger partial charge in [0.2, 0.25) is 5.91 Å². The number of carbonyl (C=O) groups is 2. The van der Waals surface area contributed by atoms with Crippen LogP contribution in [0.2, 0.25) is 0 Å². The fourth-order valence-corrected chi connectivity index (χ4v) is 1.66. The summed E-state index contributed by atoms with van der Waals surface area (Å²) < 4.78 is 6.26. The van der Waals surface area contributed by atoms with Crippen LogP contribution in [0.5, 0.6) is 5.75 Å². The Morgan fingerprint density at radius 1 is 1.43 bits per heavy atom. The van der Waals surface area contributed by atoms with E-state index in [1.165, 1.54) is 10.9 Å². The van der Waals surface area contributed by atoms with Gasteiger partial charge in [0.1, 0.15) is 12.3 Å². The molecule has 0 fully saturated rings. The second kappa shape index (κ2) is 6.51. The molecule has 0 spiro atoms. The zero-order chi connectivity index (χ0) is 15.2. The van der Waals surface area contributed by atoms with E-state index in [1.54, 1.807) is 7.11 Å². The average molecular weight is 290 g/mol. The van der Waals surface area contributed by atoms with Gasteiger partial charge in [0.15, 0.2) is 5.69 Å². The smallest absolute Gasteiger partial charge is 0.358 e. The van der Waals surface area contributed by atoms with Crippen LogP contribution in [-0.2, 0) is 17.9 Å². The van der Waals surface area contributed by atoms with Crippen molar-refractivity contribution >= 4 is 11.9 Å². The molecule has 2 aromatic rings. The Hall–Kier alpha value is -2.90. The number of carboxylic acids is 1. The van der Waals surface area contributed by atoms with E-state index in [-0.39, 0.29) is 18.1 Å². The molecule has 8 nitrogen and oxygen atoms in total. The Balaban J connectivity index is 1.87. The van der Waals surface area contributed by atoms with Crippen molar-refractivity contribution in [3.63, 3.8) is 0 Å². The number of hydrogen-bond donors (Lipinski definition) is 2. The second-order valence-corrected chi connectivity index (χ2v) is 4.23. The van der Waals surface area contributed by atoms with Crippen molar-refractivity contribution in [1.82, 2.24) is 20.3 Å². The van der Waals surface area contributed by atoms with Gasteiger partial charge in [-0.1, -0.05) is 17.3 Å². The number of methoxy groups -OCH3 is 1. The van der Waals surface area contributed by atoms with Gasteiger partial charge in [0.25, 0.3) is 0 Å². The quantitative estimate of drug-likeness (QED) is 0.792. The molecule has 0 saturated carbocycles. The minimum absolute atomic E-state index is 0.0930. The van der Waals surface area contributed by atoms with Gasteiger partial charge in [-0.25, -0.2) is 9.48 Å². The first kappa shape index (κ1) is 14.5. The molecule has 1 aromatic carbocycles. The third-order valence-corrected chi connectivity index (χ3v) is 2.69. The zero-order valence-electron chi connectivity index (χ0n) is 11.3. The summed E-state index contributed by atoms with van der Waals surface area (Å²) in [6, 6.07) is 7.32. The maximum Gasteiger partial charge on any atom is 0.358 e. The first-order valence-electron chi connectivity index (χ1n) is 6.11. The van der Waals surface area contributed by atoms with E-state index in [0.29, 0.717) is 12.3 Å². The van der Waals surface area contributed by atoms with Gasteiger partial charge < -0.3 is 15.2 Å². The van der Waals surface area contributed by atoms with Crippen molar-refractivity contribution in [2.24, 2.45) is 0 Å². The lowest BCUT2D eigenvalue weighted by Gasteiger charge is -2.06. The van der Waals surface area contributed by atoms with Gasteiger partial charge in [-0.15, -0.1) is 5.10 Å². The van der Waals surface area contributed by atoms with Crippen molar-refractivity contribution < 1.29 is 19.4 Å². The minimum atomic E-state index is -1.18. The molecule has 0 aliphatic carbocycles. The molecule has 0 unspecified atom stereocenters. The van der Waals surface area contributed by atoms with Crippen molar-refractivity contribution in [2.75, 3.05) is 7.11 Å². The van der Waals surface area contributed by atoms with Crippen LogP contribution in [0.15, 0.2) is 30.5 Å². The van der Waals surface area contributed by atoms with Gasteiger partial charge in [0.05, 0.1) is 13.3 Å². The summed E-state index contributed by atoms with van der Waals surface area (Å²) >= 11 is 0. The summed E-state index contributed by atoms with van der Waals surface area (Å²) in [5.74, 6) is -0.762. The fourth-order valence-electron chi connectivity index (χ4n) is 1.66. The monoisotopic (exact) mass is 290 g/mol. The molecule has 2 rings (SSSR count). The number of ether oxygens (including phenoxy) is 1. The molecule has 0 radical (unpaired) electrons. The topological polar surface area (TPSA) is 106 Å². The predicted octanol–water partition coefficient (Wildman–Crippen LogP) is 0.301. The number of carbonyl (C=O) groups excluding carboxylic acids is 1. The van der Waals surface area contributed by atoms with Crippen molar-refractivity contribution in [1.29, 1.82) is 0 Å². The lowest BCUT2D eigenvalue weighted by molar-refractivity contribution is -0.122. The van der Waals surface area contributed by atoms with Crippen molar-refractivity contribution in [3.8, 4) is 5.75 Å². The summed E-state index contributed by atoms with van der Waals surface area (Å²) in [5, 5.41) is 18.4. The minimum Gasteiger partial charge on any atom is -0.497 e. The Bertz CT molecular complexity index is 653. The zero-order valence-corrected chi connectivity index (χ0v) is 11.3. The lowest BCUT2D eigenvalue weighted by atomic mass is 10.2. The summed E-state index contributed by atoms with van der Waals surface area (Å²) in [4.78, 5) is 22.4. The van der Waals surface area contributed by atoms with Crippen molar-refractivity contribution in [2.45, 2.75) is 13.1 Å². The summed E-state index contributed by atoms with van der Waals surface area (Å²) in [7, 11) is 1.57. The highest BCUT2D eigenvalue weighted by Gasteiger charge is 2.10. The highest BCUT2D eigenvalue weighted by Crippen LogP contribution is 2.12. The van der Waals surface area contributed by atoms with E-state index in [2.05, 4.69) is 15.6 Å². The van der Waals surface area contributed by atoms with Crippen molar-refractivity contribution in [3.05, 3.63) is 41.7 Å². The molecule has 0 bridgehead atoms. The van der Waals surface area contributed by atoms with E-state index < -0.39 is 5.97 Å². The van der Waals surface area contributed by atoms with Gasteiger partial charge in [-0.3, -0.25) is 4.79 Å². The number of benzene rings is 1. The summed E-state index contributed by atoms with van der Waals surface area (Å²) in [6.07, 6.45) is 1.20. The van der Waals surface area contributed by atoms with E-state index in [4.69, 9.17) is 9.84 Å².